The van der Waals surface area contributed by atoms with Gasteiger partial charge in [0.05, 0.1) is 5.56 Å². The van der Waals surface area contributed by atoms with E-state index in [9.17, 15) is 18.0 Å². The number of pyridine rings is 1. The minimum atomic E-state index is -4.38. The number of halogens is 3. The molecule has 0 atom stereocenters. The molecule has 0 aliphatic rings. The van der Waals surface area contributed by atoms with Crippen LogP contribution in [0.15, 0.2) is 47.4 Å². The number of benzene rings is 1. The molecule has 0 saturated carbocycles. The maximum absolute atomic E-state index is 12.6. The van der Waals surface area contributed by atoms with Crippen molar-refractivity contribution in [3.63, 3.8) is 0 Å². The standard InChI is InChI=1S/C17H15F3N4O/c1-10(2)24-14(25)8-3-11-9-21-16(23-15(11)24)22-13-6-4-12(5-7-13)17(18,19)20/h3-10H,1-2H3,(H,21,22,23). The summed E-state index contributed by atoms with van der Waals surface area (Å²) >= 11 is 0. The van der Waals surface area contributed by atoms with E-state index in [2.05, 4.69) is 15.3 Å². The van der Waals surface area contributed by atoms with Crippen LogP contribution in [0.2, 0.25) is 0 Å². The largest absolute Gasteiger partial charge is 0.416 e. The lowest BCUT2D eigenvalue weighted by molar-refractivity contribution is -0.137. The molecule has 5 nitrogen and oxygen atoms in total. The average Bonchev–Trinajstić information content (AvgIpc) is 2.54. The Kier molecular flexibility index (Phi) is 4.20. The van der Waals surface area contributed by atoms with Crippen LogP contribution in [0.25, 0.3) is 11.0 Å². The van der Waals surface area contributed by atoms with Crippen molar-refractivity contribution in [1.29, 1.82) is 0 Å². The molecule has 0 unspecified atom stereocenters. The maximum atomic E-state index is 12.6. The normalized spacial score (nSPS) is 11.9. The predicted molar refractivity (Wildman–Crippen MR) is 88.9 cm³/mol. The second-order valence-electron chi connectivity index (χ2n) is 5.81. The summed E-state index contributed by atoms with van der Waals surface area (Å²) in [6, 6.07) is 7.56. The molecular weight excluding hydrogens is 333 g/mol. The number of hydrogen-bond donors (Lipinski definition) is 1. The Morgan fingerprint density at radius 3 is 2.36 bits per heavy atom. The summed E-state index contributed by atoms with van der Waals surface area (Å²) in [5.74, 6) is 0.201. The van der Waals surface area contributed by atoms with Crippen LogP contribution in [-0.2, 0) is 6.18 Å². The molecule has 3 aromatic rings. The smallest absolute Gasteiger partial charge is 0.324 e. The van der Waals surface area contributed by atoms with Crippen LogP contribution in [0.4, 0.5) is 24.8 Å². The van der Waals surface area contributed by atoms with Gasteiger partial charge in [0.15, 0.2) is 0 Å². The molecule has 0 amide bonds. The molecular formula is C17H15F3N4O. The third kappa shape index (κ3) is 3.47. The number of alkyl halides is 3. The van der Waals surface area contributed by atoms with Crippen LogP contribution >= 0.6 is 0 Å². The van der Waals surface area contributed by atoms with Crippen molar-refractivity contribution in [2.75, 3.05) is 5.32 Å². The van der Waals surface area contributed by atoms with Gasteiger partial charge in [0, 0.05) is 29.4 Å². The van der Waals surface area contributed by atoms with Gasteiger partial charge in [-0.05, 0) is 44.2 Å². The van der Waals surface area contributed by atoms with Crippen LogP contribution in [0.5, 0.6) is 0 Å². The number of anilines is 2. The van der Waals surface area contributed by atoms with E-state index in [0.29, 0.717) is 16.7 Å². The van der Waals surface area contributed by atoms with Crippen LogP contribution < -0.4 is 10.9 Å². The van der Waals surface area contributed by atoms with Crippen LogP contribution in [0, 0.1) is 0 Å². The van der Waals surface area contributed by atoms with Gasteiger partial charge in [0.25, 0.3) is 5.56 Å². The molecule has 1 N–H and O–H groups in total. The van der Waals surface area contributed by atoms with E-state index in [-0.39, 0.29) is 17.5 Å². The zero-order valence-electron chi connectivity index (χ0n) is 13.5. The first-order chi connectivity index (χ1) is 11.8. The molecule has 1 aromatic carbocycles. The summed E-state index contributed by atoms with van der Waals surface area (Å²) in [5, 5.41) is 3.56. The molecule has 0 saturated heterocycles. The molecule has 0 fully saturated rings. The fraction of sp³-hybridized carbons (Fsp3) is 0.235. The molecule has 2 heterocycles. The number of nitrogens with zero attached hydrogens (tertiary/aromatic N) is 3. The molecule has 0 radical (unpaired) electrons. The molecule has 0 spiro atoms. The zero-order valence-corrected chi connectivity index (χ0v) is 13.5. The highest BCUT2D eigenvalue weighted by Crippen LogP contribution is 2.30. The zero-order chi connectivity index (χ0) is 18.2. The highest BCUT2D eigenvalue weighted by atomic mass is 19.4. The molecule has 0 aliphatic heterocycles. The maximum Gasteiger partial charge on any atom is 0.416 e. The molecule has 3 rings (SSSR count). The molecule has 2 aromatic heterocycles. The number of rotatable bonds is 3. The van der Waals surface area contributed by atoms with Crippen molar-refractivity contribution in [3.8, 4) is 0 Å². The van der Waals surface area contributed by atoms with E-state index >= 15 is 0 Å². The first-order valence-electron chi connectivity index (χ1n) is 7.58. The second kappa shape index (κ2) is 6.19. The van der Waals surface area contributed by atoms with Crippen LogP contribution in [0.1, 0.15) is 25.5 Å². The topological polar surface area (TPSA) is 59.8 Å². The predicted octanol–water partition coefficient (Wildman–Crippen LogP) is 4.13. The van der Waals surface area contributed by atoms with Crippen molar-refractivity contribution >= 4 is 22.7 Å². The lowest BCUT2D eigenvalue weighted by Gasteiger charge is -2.13. The minimum Gasteiger partial charge on any atom is -0.324 e. The molecule has 0 bridgehead atoms. The summed E-state index contributed by atoms with van der Waals surface area (Å²) in [5.41, 5.74) is -0.0264. The van der Waals surface area contributed by atoms with Gasteiger partial charge in [-0.2, -0.15) is 18.2 Å². The fourth-order valence-corrected chi connectivity index (χ4v) is 2.47. The SMILES string of the molecule is CC(C)n1c(=O)ccc2cnc(Nc3ccc(C(F)(F)F)cc3)nc21. The molecule has 8 heteroatoms. The Morgan fingerprint density at radius 2 is 1.76 bits per heavy atom. The van der Waals surface area contributed by atoms with Crippen molar-refractivity contribution in [2.45, 2.75) is 26.1 Å². The van der Waals surface area contributed by atoms with E-state index < -0.39 is 11.7 Å². The van der Waals surface area contributed by atoms with Crippen LogP contribution in [0.3, 0.4) is 0 Å². The summed E-state index contributed by atoms with van der Waals surface area (Å²) in [4.78, 5) is 20.5. The lowest BCUT2D eigenvalue weighted by atomic mass is 10.2. The van der Waals surface area contributed by atoms with E-state index in [1.807, 2.05) is 13.8 Å². The molecule has 0 aliphatic carbocycles. The van der Waals surface area contributed by atoms with Crippen molar-refractivity contribution in [3.05, 3.63) is 58.5 Å². The van der Waals surface area contributed by atoms with E-state index in [0.717, 1.165) is 12.1 Å². The number of hydrogen-bond acceptors (Lipinski definition) is 4. The third-order valence-electron chi connectivity index (χ3n) is 3.65. The second-order valence-corrected chi connectivity index (χ2v) is 5.81. The van der Waals surface area contributed by atoms with Gasteiger partial charge in [-0.3, -0.25) is 9.36 Å². The summed E-state index contributed by atoms with van der Waals surface area (Å²) < 4.78 is 39.3. The Morgan fingerprint density at radius 1 is 1.08 bits per heavy atom. The number of fused-ring (bicyclic) bond motifs is 1. The van der Waals surface area contributed by atoms with Gasteiger partial charge in [0.2, 0.25) is 5.95 Å². The highest BCUT2D eigenvalue weighted by molar-refractivity contribution is 5.75. The summed E-state index contributed by atoms with van der Waals surface area (Å²) in [7, 11) is 0. The lowest BCUT2D eigenvalue weighted by Crippen LogP contribution is -2.22. The van der Waals surface area contributed by atoms with E-state index in [4.69, 9.17) is 0 Å². The van der Waals surface area contributed by atoms with Crippen molar-refractivity contribution in [2.24, 2.45) is 0 Å². The first-order valence-corrected chi connectivity index (χ1v) is 7.58. The highest BCUT2D eigenvalue weighted by Gasteiger charge is 2.29. The van der Waals surface area contributed by atoms with Gasteiger partial charge in [-0.25, -0.2) is 4.98 Å². The Labute approximate surface area is 141 Å². The average molecular weight is 348 g/mol. The van der Waals surface area contributed by atoms with Gasteiger partial charge >= 0.3 is 6.18 Å². The summed E-state index contributed by atoms with van der Waals surface area (Å²) in [6.45, 7) is 3.73. The van der Waals surface area contributed by atoms with Crippen molar-refractivity contribution in [1.82, 2.24) is 14.5 Å². The van der Waals surface area contributed by atoms with Crippen molar-refractivity contribution < 1.29 is 13.2 Å². The minimum absolute atomic E-state index is 0.0926. The Balaban J connectivity index is 1.97. The molecule has 130 valence electrons. The Hall–Kier alpha value is -2.90. The van der Waals surface area contributed by atoms with Gasteiger partial charge < -0.3 is 5.32 Å². The fourth-order valence-electron chi connectivity index (χ4n) is 2.47. The van der Waals surface area contributed by atoms with E-state index in [1.54, 1.807) is 12.3 Å². The third-order valence-corrected chi connectivity index (χ3v) is 3.65. The first kappa shape index (κ1) is 16.9. The Bertz CT molecular complexity index is 962. The van der Waals surface area contributed by atoms with Gasteiger partial charge in [-0.15, -0.1) is 0 Å². The van der Waals surface area contributed by atoms with Gasteiger partial charge in [-0.1, -0.05) is 0 Å². The summed E-state index contributed by atoms with van der Waals surface area (Å²) in [6.07, 6.45) is -2.82. The monoisotopic (exact) mass is 348 g/mol. The number of aromatic nitrogens is 3. The van der Waals surface area contributed by atoms with Gasteiger partial charge in [0.1, 0.15) is 5.65 Å². The van der Waals surface area contributed by atoms with E-state index in [1.165, 1.54) is 22.8 Å². The quantitative estimate of drug-likeness (QED) is 0.773. The number of nitrogens with one attached hydrogen (secondary N) is 1. The molecule has 25 heavy (non-hydrogen) atoms. The van der Waals surface area contributed by atoms with Crippen LogP contribution in [-0.4, -0.2) is 14.5 Å².